The third-order valence-electron chi connectivity index (χ3n) is 3.41. The molecule has 0 saturated heterocycles. The Morgan fingerprint density at radius 2 is 2.06 bits per heavy atom. The number of hydrogen-bond donors (Lipinski definition) is 1. The van der Waals surface area contributed by atoms with E-state index < -0.39 is 6.04 Å². The Morgan fingerprint density at radius 1 is 1.39 bits per heavy atom. The van der Waals surface area contributed by atoms with E-state index in [-0.39, 0.29) is 5.97 Å². The first-order valence-electron chi connectivity index (χ1n) is 6.30. The van der Waals surface area contributed by atoms with Crippen LogP contribution in [-0.4, -0.2) is 19.1 Å². The molecule has 1 saturated carbocycles. The molecule has 2 rings (SSSR count). The second kappa shape index (κ2) is 6.21. The lowest BCUT2D eigenvalue weighted by Gasteiger charge is -2.22. The zero-order valence-electron chi connectivity index (χ0n) is 10.5. The molecular weight excluding hydrogens is 250 g/mol. The first-order chi connectivity index (χ1) is 8.72. The van der Waals surface area contributed by atoms with Gasteiger partial charge in [-0.15, -0.1) is 0 Å². The topological polar surface area (TPSA) is 38.3 Å². The molecule has 0 spiro atoms. The monoisotopic (exact) mass is 267 g/mol. The fourth-order valence-corrected chi connectivity index (χ4v) is 2.68. The van der Waals surface area contributed by atoms with Crippen LogP contribution in [0.3, 0.4) is 0 Å². The highest BCUT2D eigenvalue weighted by Gasteiger charge is 2.27. The number of esters is 1. The van der Waals surface area contributed by atoms with E-state index in [9.17, 15) is 4.79 Å². The summed E-state index contributed by atoms with van der Waals surface area (Å²) < 4.78 is 4.87. The zero-order chi connectivity index (χ0) is 13.0. The Kier molecular flexibility index (Phi) is 4.61. The van der Waals surface area contributed by atoms with E-state index in [1.807, 2.05) is 18.2 Å². The van der Waals surface area contributed by atoms with Gasteiger partial charge in [0.05, 0.1) is 7.11 Å². The lowest BCUT2D eigenvalue weighted by molar-refractivity contribution is -0.143. The molecule has 0 heterocycles. The van der Waals surface area contributed by atoms with Gasteiger partial charge in [0.1, 0.15) is 6.04 Å². The van der Waals surface area contributed by atoms with Crippen molar-refractivity contribution < 1.29 is 9.53 Å². The summed E-state index contributed by atoms with van der Waals surface area (Å²) in [7, 11) is 1.41. The molecule has 0 aromatic heterocycles. The second-order valence-electron chi connectivity index (χ2n) is 4.63. The van der Waals surface area contributed by atoms with Gasteiger partial charge >= 0.3 is 5.97 Å². The third kappa shape index (κ3) is 3.03. The first kappa shape index (κ1) is 13.4. The van der Waals surface area contributed by atoms with Crippen LogP contribution >= 0.6 is 11.6 Å². The van der Waals surface area contributed by atoms with Gasteiger partial charge in [-0.3, -0.25) is 5.32 Å². The fraction of sp³-hybridized carbons (Fsp3) is 0.500. The summed E-state index contributed by atoms with van der Waals surface area (Å²) in [5.41, 5.74) is 0.790. The molecule has 1 aliphatic carbocycles. The zero-order valence-corrected chi connectivity index (χ0v) is 11.2. The minimum Gasteiger partial charge on any atom is -0.468 e. The van der Waals surface area contributed by atoms with Crippen molar-refractivity contribution in [2.75, 3.05) is 7.11 Å². The van der Waals surface area contributed by atoms with Gasteiger partial charge in [0.2, 0.25) is 0 Å². The quantitative estimate of drug-likeness (QED) is 0.852. The minimum atomic E-state index is -0.466. The maximum absolute atomic E-state index is 11.9. The predicted molar refractivity (Wildman–Crippen MR) is 71.6 cm³/mol. The standard InChI is InChI=1S/C14H18ClNO2/c1-18-14(17)13(16-10-6-2-3-7-10)11-8-4-5-9-12(11)15/h4-5,8-10,13,16H,2-3,6-7H2,1H3. The van der Waals surface area contributed by atoms with Gasteiger partial charge in [-0.25, -0.2) is 4.79 Å². The normalized spacial score (nSPS) is 17.7. The van der Waals surface area contributed by atoms with Gasteiger partial charge in [-0.05, 0) is 24.5 Å². The molecule has 1 unspecified atom stereocenters. The Labute approximate surface area is 112 Å². The molecule has 0 aliphatic heterocycles. The van der Waals surface area contributed by atoms with Crippen molar-refractivity contribution in [3.8, 4) is 0 Å². The summed E-state index contributed by atoms with van der Waals surface area (Å²) >= 11 is 6.16. The number of benzene rings is 1. The number of hydrogen-bond acceptors (Lipinski definition) is 3. The van der Waals surface area contributed by atoms with Crippen molar-refractivity contribution in [1.82, 2.24) is 5.32 Å². The SMILES string of the molecule is COC(=O)C(NC1CCCC1)c1ccccc1Cl. The average molecular weight is 268 g/mol. The van der Waals surface area contributed by atoms with Crippen LogP contribution in [0.25, 0.3) is 0 Å². The third-order valence-corrected chi connectivity index (χ3v) is 3.75. The summed E-state index contributed by atoms with van der Waals surface area (Å²) in [4.78, 5) is 11.9. The maximum Gasteiger partial charge on any atom is 0.327 e. The smallest absolute Gasteiger partial charge is 0.327 e. The Balaban J connectivity index is 2.19. The van der Waals surface area contributed by atoms with Gasteiger partial charge in [0.25, 0.3) is 0 Å². The van der Waals surface area contributed by atoms with E-state index in [1.54, 1.807) is 6.07 Å². The van der Waals surface area contributed by atoms with E-state index in [0.717, 1.165) is 18.4 Å². The number of ether oxygens (including phenoxy) is 1. The highest BCUT2D eigenvalue weighted by atomic mass is 35.5. The number of methoxy groups -OCH3 is 1. The van der Waals surface area contributed by atoms with Crippen molar-refractivity contribution in [2.45, 2.75) is 37.8 Å². The Hall–Kier alpha value is -1.06. The van der Waals surface area contributed by atoms with Crippen LogP contribution in [0.15, 0.2) is 24.3 Å². The average Bonchev–Trinajstić information content (AvgIpc) is 2.89. The van der Waals surface area contributed by atoms with Gasteiger partial charge in [0.15, 0.2) is 0 Å². The number of carbonyl (C=O) groups excluding carboxylic acids is 1. The lowest BCUT2D eigenvalue weighted by atomic mass is 10.1. The maximum atomic E-state index is 11.9. The lowest BCUT2D eigenvalue weighted by Crippen LogP contribution is -2.36. The van der Waals surface area contributed by atoms with Crippen molar-refractivity contribution in [3.63, 3.8) is 0 Å². The summed E-state index contributed by atoms with van der Waals surface area (Å²) in [5, 5.41) is 3.96. The van der Waals surface area contributed by atoms with Crippen LogP contribution in [0.4, 0.5) is 0 Å². The van der Waals surface area contributed by atoms with Crippen LogP contribution in [0.1, 0.15) is 37.3 Å². The van der Waals surface area contributed by atoms with Crippen LogP contribution in [0.2, 0.25) is 5.02 Å². The van der Waals surface area contributed by atoms with Gasteiger partial charge in [0, 0.05) is 11.1 Å². The highest BCUT2D eigenvalue weighted by molar-refractivity contribution is 6.31. The van der Waals surface area contributed by atoms with Crippen LogP contribution in [-0.2, 0) is 9.53 Å². The molecule has 0 radical (unpaired) electrons. The number of halogens is 1. The highest BCUT2D eigenvalue weighted by Crippen LogP contribution is 2.27. The van der Waals surface area contributed by atoms with Crippen molar-refractivity contribution in [1.29, 1.82) is 0 Å². The van der Waals surface area contributed by atoms with Crippen molar-refractivity contribution >= 4 is 17.6 Å². The van der Waals surface area contributed by atoms with Gasteiger partial charge in [-0.2, -0.15) is 0 Å². The molecule has 1 atom stereocenters. The molecule has 3 nitrogen and oxygen atoms in total. The van der Waals surface area contributed by atoms with E-state index in [1.165, 1.54) is 20.0 Å². The second-order valence-corrected chi connectivity index (χ2v) is 5.03. The summed E-state index contributed by atoms with van der Waals surface area (Å²) in [6.07, 6.45) is 4.65. The first-order valence-corrected chi connectivity index (χ1v) is 6.68. The molecule has 98 valence electrons. The van der Waals surface area contributed by atoms with E-state index >= 15 is 0 Å². The van der Waals surface area contributed by atoms with E-state index in [4.69, 9.17) is 16.3 Å². The largest absolute Gasteiger partial charge is 0.468 e. The fourth-order valence-electron chi connectivity index (χ4n) is 2.44. The van der Waals surface area contributed by atoms with E-state index in [2.05, 4.69) is 5.32 Å². The minimum absolute atomic E-state index is 0.282. The molecule has 0 amide bonds. The number of rotatable bonds is 4. The molecule has 1 fully saturated rings. The molecule has 18 heavy (non-hydrogen) atoms. The van der Waals surface area contributed by atoms with Gasteiger partial charge in [-0.1, -0.05) is 42.6 Å². The summed E-state index contributed by atoms with van der Waals surface area (Å²) in [5.74, 6) is -0.282. The van der Waals surface area contributed by atoms with Crippen LogP contribution < -0.4 is 5.32 Å². The van der Waals surface area contributed by atoms with Crippen molar-refractivity contribution in [3.05, 3.63) is 34.9 Å². The van der Waals surface area contributed by atoms with E-state index in [0.29, 0.717) is 11.1 Å². The molecule has 1 N–H and O–H groups in total. The number of nitrogens with one attached hydrogen (secondary N) is 1. The van der Waals surface area contributed by atoms with Crippen LogP contribution in [0, 0.1) is 0 Å². The number of carbonyl (C=O) groups is 1. The summed E-state index contributed by atoms with van der Waals surface area (Å²) in [6, 6.07) is 7.32. The predicted octanol–water partition coefficient (Wildman–Crippen LogP) is 3.09. The molecule has 1 aromatic carbocycles. The Bertz CT molecular complexity index is 416. The summed E-state index contributed by atoms with van der Waals surface area (Å²) in [6.45, 7) is 0. The Morgan fingerprint density at radius 3 is 2.67 bits per heavy atom. The molecule has 1 aromatic rings. The van der Waals surface area contributed by atoms with Gasteiger partial charge < -0.3 is 4.74 Å². The molecule has 1 aliphatic rings. The molecule has 0 bridgehead atoms. The van der Waals surface area contributed by atoms with Crippen LogP contribution in [0.5, 0.6) is 0 Å². The molecule has 4 heteroatoms. The molecular formula is C14H18ClNO2. The van der Waals surface area contributed by atoms with Crippen molar-refractivity contribution in [2.24, 2.45) is 0 Å².